The number of fused-ring (bicyclic) bond motifs is 5. The quantitative estimate of drug-likeness (QED) is 0.113. The molecule has 15 N–H and O–H groups in total. The molecular weight excluding hydrogens is 584 g/mol. The zero-order chi connectivity index (χ0) is 33.1. The van der Waals surface area contributed by atoms with Crippen LogP contribution in [0.15, 0.2) is 36.4 Å². The van der Waals surface area contributed by atoms with Gasteiger partial charge >= 0.3 is 0 Å². The first-order valence-corrected chi connectivity index (χ1v) is 14.8. The molecule has 0 aliphatic carbocycles. The largest absolute Gasteiger partial charge is 0.508 e. The summed E-state index contributed by atoms with van der Waals surface area (Å²) < 4.78 is 0. The highest BCUT2D eigenvalue weighted by Crippen LogP contribution is 2.31. The van der Waals surface area contributed by atoms with Gasteiger partial charge < -0.3 is 59.5 Å². The first kappa shape index (κ1) is 35.2. The van der Waals surface area contributed by atoms with E-state index in [2.05, 4.69) is 21.3 Å². The van der Waals surface area contributed by atoms with Crippen molar-refractivity contribution in [2.75, 3.05) is 26.2 Å². The topological polar surface area (TPSA) is 281 Å². The van der Waals surface area contributed by atoms with Gasteiger partial charge in [0.15, 0.2) is 0 Å². The summed E-state index contributed by atoms with van der Waals surface area (Å²) in [6.45, 7) is 0.510. The van der Waals surface area contributed by atoms with Crippen molar-refractivity contribution >= 4 is 23.6 Å². The lowest BCUT2D eigenvalue weighted by molar-refractivity contribution is -0.133. The number of rotatable bonds is 11. The Kier molecular flexibility index (Phi) is 13.1. The average molecular weight is 629 g/mol. The second-order valence-electron chi connectivity index (χ2n) is 11.1. The van der Waals surface area contributed by atoms with E-state index in [0.717, 1.165) is 0 Å². The monoisotopic (exact) mass is 628 g/mol. The molecule has 0 radical (unpaired) electrons. The lowest BCUT2D eigenvalue weighted by Gasteiger charge is -2.25. The highest BCUT2D eigenvalue weighted by Gasteiger charge is 2.31. The van der Waals surface area contributed by atoms with E-state index in [9.17, 15) is 34.5 Å². The lowest BCUT2D eigenvalue weighted by Crippen LogP contribution is -2.57. The fraction of sp³-hybridized carbons (Fsp3) is 0.467. The molecule has 4 bridgehead atoms. The third-order valence-corrected chi connectivity index (χ3v) is 7.51. The van der Waals surface area contributed by atoms with Crippen molar-refractivity contribution < 1.29 is 34.5 Å². The minimum Gasteiger partial charge on any atom is -0.508 e. The molecule has 0 saturated carbocycles. The van der Waals surface area contributed by atoms with Crippen molar-refractivity contribution in [3.63, 3.8) is 0 Å². The van der Waals surface area contributed by atoms with E-state index < -0.39 is 48.0 Å². The van der Waals surface area contributed by atoms with E-state index in [1.54, 1.807) is 24.3 Å². The molecule has 0 fully saturated rings. The summed E-state index contributed by atoms with van der Waals surface area (Å²) in [5.41, 5.74) is 25.0. The van der Waals surface area contributed by atoms with Gasteiger partial charge in [-0.25, -0.2) is 0 Å². The third-order valence-electron chi connectivity index (χ3n) is 7.51. The highest BCUT2D eigenvalue weighted by molar-refractivity contribution is 5.93. The summed E-state index contributed by atoms with van der Waals surface area (Å²) in [6, 6.07) is 5.08. The van der Waals surface area contributed by atoms with Gasteiger partial charge in [0.2, 0.25) is 23.6 Å². The maximum absolute atomic E-state index is 13.5. The molecule has 3 rings (SSSR count). The lowest BCUT2D eigenvalue weighted by atomic mass is 9.95. The van der Waals surface area contributed by atoms with Gasteiger partial charge in [0.05, 0.1) is 18.2 Å². The summed E-state index contributed by atoms with van der Waals surface area (Å²) in [6.07, 6.45) is -0.986. The van der Waals surface area contributed by atoms with Crippen LogP contribution in [0.4, 0.5) is 0 Å². The van der Waals surface area contributed by atoms with Gasteiger partial charge in [-0.1, -0.05) is 12.1 Å². The van der Waals surface area contributed by atoms with E-state index in [4.69, 9.17) is 22.9 Å². The number of aliphatic hydroxyl groups is 1. The second-order valence-corrected chi connectivity index (χ2v) is 11.1. The molecule has 0 spiro atoms. The van der Waals surface area contributed by atoms with Crippen LogP contribution in [0.1, 0.15) is 30.4 Å². The molecule has 45 heavy (non-hydrogen) atoms. The molecule has 15 heteroatoms. The molecule has 5 atom stereocenters. The Bertz CT molecular complexity index is 1360. The Labute approximate surface area is 261 Å². The Morgan fingerprint density at radius 3 is 2.13 bits per heavy atom. The fourth-order valence-corrected chi connectivity index (χ4v) is 4.88. The second kappa shape index (κ2) is 16.7. The van der Waals surface area contributed by atoms with Crippen LogP contribution in [0.25, 0.3) is 11.1 Å². The number of hydrogen-bond donors (Lipinski definition) is 11. The predicted octanol–water partition coefficient (Wildman–Crippen LogP) is -2.83. The van der Waals surface area contributed by atoms with Gasteiger partial charge in [0.1, 0.15) is 23.6 Å². The van der Waals surface area contributed by atoms with E-state index >= 15 is 0 Å². The van der Waals surface area contributed by atoms with Crippen molar-refractivity contribution in [1.82, 2.24) is 21.3 Å². The van der Waals surface area contributed by atoms with Gasteiger partial charge in [-0.05, 0) is 59.4 Å². The van der Waals surface area contributed by atoms with Crippen LogP contribution < -0.4 is 44.2 Å². The maximum atomic E-state index is 13.5. The third kappa shape index (κ3) is 10.1. The summed E-state index contributed by atoms with van der Waals surface area (Å²) in [5, 5.41) is 41.9. The maximum Gasteiger partial charge on any atom is 0.243 e. The first-order valence-electron chi connectivity index (χ1n) is 14.8. The van der Waals surface area contributed by atoms with Crippen LogP contribution in [-0.4, -0.2) is 95.4 Å². The average Bonchev–Trinajstić information content (AvgIpc) is 3.02. The van der Waals surface area contributed by atoms with Crippen LogP contribution in [0, 0.1) is 0 Å². The number of nitrogens with two attached hydrogens (primary N) is 4. The number of hydrogen-bond acceptors (Lipinski definition) is 11. The Balaban J connectivity index is 1.91. The molecule has 246 valence electrons. The molecule has 15 nitrogen and oxygen atoms in total. The smallest absolute Gasteiger partial charge is 0.243 e. The van der Waals surface area contributed by atoms with Gasteiger partial charge in [-0.15, -0.1) is 0 Å². The highest BCUT2D eigenvalue weighted by atomic mass is 16.3. The molecule has 0 aromatic heterocycles. The first-order chi connectivity index (χ1) is 21.4. The number of aromatic hydroxyl groups is 2. The van der Waals surface area contributed by atoms with E-state index in [1.165, 1.54) is 12.1 Å². The number of carbonyl (C=O) groups excluding carboxylic acids is 4. The van der Waals surface area contributed by atoms with E-state index in [1.807, 2.05) is 0 Å². The molecule has 0 saturated heterocycles. The van der Waals surface area contributed by atoms with E-state index in [-0.39, 0.29) is 62.7 Å². The number of carbonyl (C=O) groups is 4. The summed E-state index contributed by atoms with van der Waals surface area (Å²) >= 11 is 0. The number of nitrogens with one attached hydrogen (secondary N) is 4. The normalized spacial score (nSPS) is 20.1. The van der Waals surface area contributed by atoms with Crippen LogP contribution >= 0.6 is 0 Å². The standard InChI is InChI=1S/C30H44N8O7/c31-7-9-36-27(42)21(33)2-1-8-35-29(44)23-13-19-11-17(4-6-26(19)41)16-3-5-25(40)18(10-16)12-22(34)28(43)37-24(30(45)38-23)14-20(39)15-32/h3-6,10-11,20-24,39-41H,1-2,7-9,12-15,31-34H2,(H,35,44)(H,36,42)(H,37,43)(H,38,45)/t20-,21+,22+,23+,24+/m1/s1. The molecule has 0 unspecified atom stereocenters. The summed E-state index contributed by atoms with van der Waals surface area (Å²) in [4.78, 5) is 52.0. The molecule has 1 heterocycles. The summed E-state index contributed by atoms with van der Waals surface area (Å²) in [5.74, 6) is -2.64. The molecular formula is C30H44N8O7. The Morgan fingerprint density at radius 1 is 0.911 bits per heavy atom. The number of benzene rings is 2. The molecule has 4 amide bonds. The molecule has 2 aromatic rings. The zero-order valence-electron chi connectivity index (χ0n) is 25.0. The van der Waals surface area contributed by atoms with Crippen LogP contribution in [0.3, 0.4) is 0 Å². The Morgan fingerprint density at radius 2 is 1.53 bits per heavy atom. The van der Waals surface area contributed by atoms with Crippen molar-refractivity contribution in [3.8, 4) is 22.6 Å². The molecule has 1 aliphatic heterocycles. The SMILES string of the molecule is NCCNC(=O)[C@@H](N)CCCNC(=O)[C@@H]1Cc2cc(ccc2O)-c2ccc(O)c(c2)C[C@H](N)C(=O)N[C@@H](C[C@@H](O)CN)C(=O)N1. The van der Waals surface area contributed by atoms with E-state index in [0.29, 0.717) is 35.2 Å². The summed E-state index contributed by atoms with van der Waals surface area (Å²) in [7, 11) is 0. The van der Waals surface area contributed by atoms with Crippen molar-refractivity contribution in [1.29, 1.82) is 0 Å². The van der Waals surface area contributed by atoms with Gasteiger partial charge in [-0.3, -0.25) is 19.2 Å². The molecule has 1 aliphatic rings. The number of phenols is 2. The van der Waals surface area contributed by atoms with Gasteiger partial charge in [0.25, 0.3) is 0 Å². The van der Waals surface area contributed by atoms with Gasteiger partial charge in [-0.2, -0.15) is 0 Å². The van der Waals surface area contributed by atoms with Crippen molar-refractivity contribution in [3.05, 3.63) is 47.5 Å². The predicted molar refractivity (Wildman–Crippen MR) is 166 cm³/mol. The number of aliphatic hydroxyl groups excluding tert-OH is 1. The zero-order valence-corrected chi connectivity index (χ0v) is 25.0. The van der Waals surface area contributed by atoms with Crippen molar-refractivity contribution in [2.45, 2.75) is 62.4 Å². The van der Waals surface area contributed by atoms with Gasteiger partial charge in [0, 0.05) is 45.4 Å². The fourth-order valence-electron chi connectivity index (χ4n) is 4.88. The Hall–Kier alpha value is -4.28. The van der Waals surface area contributed by atoms with Crippen LogP contribution in [-0.2, 0) is 32.0 Å². The van der Waals surface area contributed by atoms with Crippen molar-refractivity contribution in [2.24, 2.45) is 22.9 Å². The number of phenolic OH excluding ortho intramolecular Hbond substituents is 2. The van der Waals surface area contributed by atoms with Crippen LogP contribution in [0.2, 0.25) is 0 Å². The van der Waals surface area contributed by atoms with Crippen LogP contribution in [0.5, 0.6) is 11.5 Å². The number of amides is 4. The minimum atomic E-state index is -1.31. The minimum absolute atomic E-state index is 0.0619. The molecule has 2 aromatic carbocycles.